The number of benzene rings is 1. The van der Waals surface area contributed by atoms with Crippen molar-refractivity contribution in [1.29, 1.82) is 0 Å². The minimum atomic E-state index is -0.464. The Balaban J connectivity index is 1.44. The molecule has 5 rings (SSSR count). The summed E-state index contributed by atoms with van der Waals surface area (Å²) in [6.07, 6.45) is 6.23. The van der Waals surface area contributed by atoms with Crippen LogP contribution in [0.3, 0.4) is 0 Å². The van der Waals surface area contributed by atoms with Gasteiger partial charge in [0.25, 0.3) is 0 Å². The highest BCUT2D eigenvalue weighted by Gasteiger charge is 2.29. The van der Waals surface area contributed by atoms with Gasteiger partial charge in [-0.25, -0.2) is 14.8 Å². The first-order valence-electron chi connectivity index (χ1n) is 9.89. The highest BCUT2D eigenvalue weighted by molar-refractivity contribution is 6.06. The van der Waals surface area contributed by atoms with Crippen LogP contribution < -0.4 is 5.73 Å². The van der Waals surface area contributed by atoms with Gasteiger partial charge in [-0.15, -0.1) is 0 Å². The number of hydrogen-bond acceptors (Lipinski definition) is 7. The molecule has 0 aliphatic carbocycles. The number of fused-ring (bicyclic) bond motifs is 1. The number of nitrogens with two attached hydrogens (primary N) is 1. The molecule has 9 nitrogen and oxygen atoms in total. The van der Waals surface area contributed by atoms with Crippen molar-refractivity contribution in [3.63, 3.8) is 0 Å². The van der Waals surface area contributed by atoms with Gasteiger partial charge >= 0.3 is 5.97 Å². The van der Waals surface area contributed by atoms with E-state index in [0.29, 0.717) is 38.0 Å². The van der Waals surface area contributed by atoms with Crippen molar-refractivity contribution >= 4 is 40.6 Å². The number of pyridine rings is 1. The molecule has 2 aliphatic heterocycles. The maximum Gasteiger partial charge on any atom is 0.365 e. The van der Waals surface area contributed by atoms with Gasteiger partial charge in [0, 0.05) is 48.7 Å². The number of guanidine groups is 1. The number of aromatic nitrogens is 1. The number of furan rings is 1. The molecule has 4 heterocycles. The molecule has 0 bridgehead atoms. The lowest BCUT2D eigenvalue weighted by molar-refractivity contribution is -0.129. The fraction of sp³-hybridized carbons (Fsp3) is 0.182. The Hall–Kier alpha value is -4.14. The molecule has 0 radical (unpaired) electrons. The number of hydrogen-bond donors (Lipinski definition) is 1. The largest absolute Gasteiger partial charge is 0.471 e. The highest BCUT2D eigenvalue weighted by Crippen LogP contribution is 2.33. The van der Waals surface area contributed by atoms with Crippen molar-refractivity contribution in [2.45, 2.75) is 0 Å². The highest BCUT2D eigenvalue weighted by atomic mass is 16.5. The van der Waals surface area contributed by atoms with Gasteiger partial charge in [-0.2, -0.15) is 4.99 Å². The molecule has 2 aliphatic rings. The van der Waals surface area contributed by atoms with Gasteiger partial charge in [0.2, 0.25) is 0 Å². The van der Waals surface area contributed by atoms with E-state index in [-0.39, 0.29) is 5.70 Å². The van der Waals surface area contributed by atoms with E-state index in [0.717, 1.165) is 22.0 Å². The van der Waals surface area contributed by atoms with Crippen molar-refractivity contribution in [3.05, 3.63) is 66.4 Å². The first-order chi connectivity index (χ1) is 15.2. The third-order valence-corrected chi connectivity index (χ3v) is 5.33. The number of aliphatic imine (C=N–C) groups is 2. The standard InChI is InChI=1S/C22H20N6O3/c23-22(26-18-6-1-2-7-24-18)28-10-8-27(9-11-28)20(19-21(29)31-14-25-19)16-5-3-4-15-12-30-13-17(15)16/h1-7,12-14H,8-11H2,(H2,23,24,26)/b20-19-. The molecule has 0 atom stereocenters. The summed E-state index contributed by atoms with van der Waals surface area (Å²) in [5.74, 6) is 0.525. The van der Waals surface area contributed by atoms with Gasteiger partial charge in [0.1, 0.15) is 0 Å². The summed E-state index contributed by atoms with van der Waals surface area (Å²) in [7, 11) is 0. The van der Waals surface area contributed by atoms with E-state index in [1.54, 1.807) is 24.8 Å². The molecule has 0 amide bonds. The van der Waals surface area contributed by atoms with Crippen LogP contribution >= 0.6 is 0 Å². The molecule has 1 fully saturated rings. The Kier molecular flexibility index (Phi) is 4.83. The second kappa shape index (κ2) is 7.94. The number of ether oxygens (including phenoxy) is 1. The summed E-state index contributed by atoms with van der Waals surface area (Å²) < 4.78 is 10.4. The summed E-state index contributed by atoms with van der Waals surface area (Å²) >= 11 is 0. The van der Waals surface area contributed by atoms with E-state index in [1.165, 1.54) is 6.40 Å². The number of carbonyl (C=O) groups excluding carboxylic acids is 1. The van der Waals surface area contributed by atoms with Crippen LogP contribution in [-0.4, -0.2) is 59.3 Å². The van der Waals surface area contributed by atoms with Crippen LogP contribution in [0.1, 0.15) is 5.56 Å². The number of carbonyl (C=O) groups is 1. The fourth-order valence-electron chi connectivity index (χ4n) is 3.81. The molecule has 156 valence electrons. The van der Waals surface area contributed by atoms with E-state index in [4.69, 9.17) is 14.9 Å². The monoisotopic (exact) mass is 416 g/mol. The van der Waals surface area contributed by atoms with Gasteiger partial charge in [0.15, 0.2) is 23.9 Å². The average molecular weight is 416 g/mol. The van der Waals surface area contributed by atoms with Gasteiger partial charge < -0.3 is 24.7 Å². The van der Waals surface area contributed by atoms with E-state index >= 15 is 0 Å². The lowest BCUT2D eigenvalue weighted by Crippen LogP contribution is -2.50. The van der Waals surface area contributed by atoms with E-state index < -0.39 is 5.97 Å². The first kappa shape index (κ1) is 18.9. The number of nitrogens with zero attached hydrogens (tertiary/aromatic N) is 5. The number of esters is 1. The molecule has 0 unspecified atom stereocenters. The zero-order valence-corrected chi connectivity index (χ0v) is 16.6. The Morgan fingerprint density at radius 1 is 1.03 bits per heavy atom. The van der Waals surface area contributed by atoms with Crippen LogP contribution in [0, 0.1) is 0 Å². The van der Waals surface area contributed by atoms with Crippen molar-refractivity contribution < 1.29 is 13.9 Å². The molecule has 31 heavy (non-hydrogen) atoms. The molecule has 0 spiro atoms. The molecule has 1 saturated heterocycles. The van der Waals surface area contributed by atoms with Gasteiger partial charge in [0.05, 0.1) is 18.2 Å². The van der Waals surface area contributed by atoms with Crippen molar-refractivity contribution in [2.24, 2.45) is 15.7 Å². The average Bonchev–Trinajstić information content (AvgIpc) is 3.45. The normalized spacial score (nSPS) is 18.6. The molecular formula is C22H20N6O3. The topological polar surface area (TPSA) is 110 Å². The second-order valence-electron chi connectivity index (χ2n) is 7.15. The zero-order chi connectivity index (χ0) is 21.2. The molecule has 1 aromatic carbocycles. The Labute approximate surface area is 178 Å². The summed E-state index contributed by atoms with van der Waals surface area (Å²) in [4.78, 5) is 29.3. The van der Waals surface area contributed by atoms with Crippen molar-refractivity contribution in [3.8, 4) is 0 Å². The Morgan fingerprint density at radius 3 is 2.61 bits per heavy atom. The maximum absolute atomic E-state index is 12.4. The Morgan fingerprint density at radius 2 is 1.87 bits per heavy atom. The fourth-order valence-corrected chi connectivity index (χ4v) is 3.81. The maximum atomic E-state index is 12.4. The van der Waals surface area contributed by atoms with E-state index in [9.17, 15) is 4.79 Å². The van der Waals surface area contributed by atoms with Gasteiger partial charge in [-0.3, -0.25) is 0 Å². The molecular weight excluding hydrogens is 396 g/mol. The summed E-state index contributed by atoms with van der Waals surface area (Å²) in [6.45, 7) is 2.54. The number of cyclic esters (lactones) is 1. The number of rotatable bonds is 3. The third-order valence-electron chi connectivity index (χ3n) is 5.33. The van der Waals surface area contributed by atoms with Crippen LogP contribution in [-0.2, 0) is 9.53 Å². The van der Waals surface area contributed by atoms with Crippen LogP contribution in [0.4, 0.5) is 5.82 Å². The summed E-state index contributed by atoms with van der Waals surface area (Å²) in [5.41, 5.74) is 8.11. The van der Waals surface area contributed by atoms with Gasteiger partial charge in [-0.05, 0) is 12.1 Å². The lowest BCUT2D eigenvalue weighted by Gasteiger charge is -2.38. The second-order valence-corrected chi connectivity index (χ2v) is 7.15. The first-order valence-corrected chi connectivity index (χ1v) is 9.89. The van der Waals surface area contributed by atoms with Crippen LogP contribution in [0.5, 0.6) is 0 Å². The van der Waals surface area contributed by atoms with Crippen LogP contribution in [0.25, 0.3) is 16.5 Å². The van der Waals surface area contributed by atoms with Crippen LogP contribution in [0.2, 0.25) is 0 Å². The Bertz CT molecular complexity index is 1210. The molecule has 2 aromatic heterocycles. The zero-order valence-electron chi connectivity index (χ0n) is 16.6. The molecule has 2 N–H and O–H groups in total. The van der Waals surface area contributed by atoms with Crippen molar-refractivity contribution in [1.82, 2.24) is 14.8 Å². The minimum Gasteiger partial charge on any atom is -0.471 e. The van der Waals surface area contributed by atoms with Crippen molar-refractivity contribution in [2.75, 3.05) is 26.2 Å². The van der Waals surface area contributed by atoms with Crippen LogP contribution in [0.15, 0.2) is 75.2 Å². The molecule has 9 heteroatoms. The summed E-state index contributed by atoms with van der Waals surface area (Å²) in [6, 6.07) is 11.4. The third kappa shape index (κ3) is 3.61. The SMILES string of the molecule is NC(=Nc1ccccn1)N1CCN(/C(=C2\N=COC2=O)c2cccc3cocc23)CC1. The number of piperazine rings is 1. The predicted octanol–water partition coefficient (Wildman–Crippen LogP) is 2.35. The van der Waals surface area contributed by atoms with Gasteiger partial charge in [-0.1, -0.05) is 24.3 Å². The quantitative estimate of drug-likeness (QED) is 0.302. The smallest absolute Gasteiger partial charge is 0.365 e. The summed E-state index contributed by atoms with van der Waals surface area (Å²) in [5, 5.41) is 1.87. The van der Waals surface area contributed by atoms with E-state index in [2.05, 4.69) is 19.9 Å². The van der Waals surface area contributed by atoms with E-state index in [1.807, 2.05) is 35.2 Å². The predicted molar refractivity (Wildman–Crippen MR) is 116 cm³/mol. The molecule has 3 aromatic rings. The minimum absolute atomic E-state index is 0.289. The lowest BCUT2D eigenvalue weighted by atomic mass is 10.0. The molecule has 0 saturated carbocycles.